The number of nitrogens with two attached hydrogens (primary N) is 1. The fourth-order valence-corrected chi connectivity index (χ4v) is 0.659. The fraction of sp³-hybridized carbons (Fsp3) is 0.833. The largest absolute Gasteiger partial charge is 0.480 e. The molecule has 2 atom stereocenters. The van der Waals surface area contributed by atoms with Gasteiger partial charge in [-0.2, -0.15) is 0 Å². The molecule has 60 valence electrons. The van der Waals surface area contributed by atoms with Crippen LogP contribution in [0.4, 0.5) is 0 Å². The maximum Gasteiger partial charge on any atom is 0.322 e. The number of alkyl halides is 1. The molecule has 0 heterocycles. The smallest absolute Gasteiger partial charge is 0.322 e. The minimum atomic E-state index is -1.05. The van der Waals surface area contributed by atoms with E-state index in [0.717, 1.165) is 0 Å². The second-order valence-electron chi connectivity index (χ2n) is 2.55. The molecule has 0 rings (SSSR count). The van der Waals surface area contributed by atoms with Gasteiger partial charge in [-0.25, -0.2) is 0 Å². The summed E-state index contributed by atoms with van der Waals surface area (Å²) in [6.07, 6.45) is 0. The van der Waals surface area contributed by atoms with Gasteiger partial charge in [-0.05, 0) is 5.92 Å². The van der Waals surface area contributed by atoms with E-state index < -0.39 is 17.4 Å². The third-order valence-corrected chi connectivity index (χ3v) is 2.04. The summed E-state index contributed by atoms with van der Waals surface area (Å²) in [5.74, 6) is -0.957. The number of hydrogen-bond acceptors (Lipinski definition) is 2. The standard InChI is InChI=1S/C6H12ClNO2/c1-3(2)4(7)5(8)6(9)10/h3-5H,8H2,1-2H3,(H,9,10)/t4?,5-/m0/s1. The van der Waals surface area contributed by atoms with Crippen molar-refractivity contribution in [1.82, 2.24) is 0 Å². The first kappa shape index (κ1) is 9.72. The Morgan fingerprint density at radius 1 is 1.60 bits per heavy atom. The van der Waals surface area contributed by atoms with Gasteiger partial charge in [0.25, 0.3) is 0 Å². The highest BCUT2D eigenvalue weighted by molar-refractivity contribution is 6.22. The van der Waals surface area contributed by atoms with Gasteiger partial charge in [0.1, 0.15) is 6.04 Å². The number of carboxylic acid groups (broad SMARTS) is 1. The average Bonchev–Trinajstić information content (AvgIpc) is 1.84. The molecule has 0 aliphatic rings. The summed E-state index contributed by atoms with van der Waals surface area (Å²) >= 11 is 5.66. The summed E-state index contributed by atoms with van der Waals surface area (Å²) in [6, 6.07) is -0.957. The first-order valence-corrected chi connectivity index (χ1v) is 3.53. The molecular formula is C6H12ClNO2. The minimum absolute atomic E-state index is 0.0905. The van der Waals surface area contributed by atoms with Gasteiger partial charge in [0.05, 0.1) is 5.38 Å². The summed E-state index contributed by atoms with van der Waals surface area (Å²) in [5.41, 5.74) is 5.23. The van der Waals surface area contributed by atoms with Crippen molar-refractivity contribution in [3.63, 3.8) is 0 Å². The van der Waals surface area contributed by atoms with Gasteiger partial charge in [0.2, 0.25) is 0 Å². The molecule has 0 aliphatic carbocycles. The van der Waals surface area contributed by atoms with Crippen LogP contribution in [-0.4, -0.2) is 22.5 Å². The average molecular weight is 166 g/mol. The van der Waals surface area contributed by atoms with Gasteiger partial charge < -0.3 is 10.8 Å². The highest BCUT2D eigenvalue weighted by Gasteiger charge is 2.24. The normalized spacial score (nSPS) is 16.9. The van der Waals surface area contributed by atoms with E-state index in [0.29, 0.717) is 0 Å². The van der Waals surface area contributed by atoms with Gasteiger partial charge in [0, 0.05) is 0 Å². The Bertz CT molecular complexity index is 127. The summed E-state index contributed by atoms with van der Waals surface area (Å²) in [4.78, 5) is 10.2. The van der Waals surface area contributed by atoms with Gasteiger partial charge in [-0.3, -0.25) is 4.79 Å². The first-order valence-electron chi connectivity index (χ1n) is 3.09. The summed E-state index contributed by atoms with van der Waals surface area (Å²) in [6.45, 7) is 3.67. The molecule has 0 fully saturated rings. The second kappa shape index (κ2) is 3.78. The Morgan fingerprint density at radius 3 is 2.10 bits per heavy atom. The Balaban J connectivity index is 3.94. The monoisotopic (exact) mass is 165 g/mol. The molecule has 0 bridgehead atoms. The van der Waals surface area contributed by atoms with Gasteiger partial charge in [0.15, 0.2) is 0 Å². The van der Waals surface area contributed by atoms with Crippen molar-refractivity contribution in [3.05, 3.63) is 0 Å². The molecule has 10 heavy (non-hydrogen) atoms. The lowest BCUT2D eigenvalue weighted by Crippen LogP contribution is -2.41. The number of halogens is 1. The van der Waals surface area contributed by atoms with Crippen molar-refractivity contribution >= 4 is 17.6 Å². The molecule has 1 unspecified atom stereocenters. The van der Waals surface area contributed by atoms with Crippen molar-refractivity contribution in [2.75, 3.05) is 0 Å². The van der Waals surface area contributed by atoms with E-state index in [-0.39, 0.29) is 5.92 Å². The van der Waals surface area contributed by atoms with Crippen molar-refractivity contribution < 1.29 is 9.90 Å². The van der Waals surface area contributed by atoms with E-state index in [2.05, 4.69) is 0 Å². The van der Waals surface area contributed by atoms with Gasteiger partial charge >= 0.3 is 5.97 Å². The third kappa shape index (κ3) is 2.54. The van der Waals surface area contributed by atoms with Crippen molar-refractivity contribution in [1.29, 1.82) is 0 Å². The first-order chi connectivity index (χ1) is 4.46. The van der Waals surface area contributed by atoms with Crippen molar-refractivity contribution in [2.45, 2.75) is 25.3 Å². The zero-order chi connectivity index (χ0) is 8.31. The zero-order valence-electron chi connectivity index (χ0n) is 6.04. The van der Waals surface area contributed by atoms with Crippen LogP contribution < -0.4 is 5.73 Å². The van der Waals surface area contributed by atoms with Gasteiger partial charge in [-0.15, -0.1) is 11.6 Å². The molecule has 3 N–H and O–H groups in total. The highest BCUT2D eigenvalue weighted by Crippen LogP contribution is 2.12. The maximum absolute atomic E-state index is 10.2. The summed E-state index contributed by atoms with van der Waals surface area (Å²) in [5, 5.41) is 7.90. The molecule has 4 heteroatoms. The molecule has 0 aromatic rings. The maximum atomic E-state index is 10.2. The van der Waals surface area contributed by atoms with Crippen LogP contribution in [0.15, 0.2) is 0 Å². The fourth-order valence-electron chi connectivity index (χ4n) is 0.551. The Kier molecular flexibility index (Phi) is 3.68. The van der Waals surface area contributed by atoms with E-state index in [1.165, 1.54) is 0 Å². The summed E-state index contributed by atoms with van der Waals surface area (Å²) < 4.78 is 0. The molecule has 0 amide bonds. The van der Waals surface area contributed by atoms with E-state index in [1.807, 2.05) is 13.8 Å². The van der Waals surface area contributed by atoms with Crippen LogP contribution in [0, 0.1) is 5.92 Å². The van der Waals surface area contributed by atoms with E-state index >= 15 is 0 Å². The van der Waals surface area contributed by atoms with Crippen LogP contribution in [0.1, 0.15) is 13.8 Å². The molecular weight excluding hydrogens is 154 g/mol. The van der Waals surface area contributed by atoms with Crippen LogP contribution in [0.5, 0.6) is 0 Å². The van der Waals surface area contributed by atoms with Gasteiger partial charge in [-0.1, -0.05) is 13.8 Å². The number of carbonyl (C=O) groups is 1. The zero-order valence-corrected chi connectivity index (χ0v) is 6.80. The number of aliphatic carboxylic acids is 1. The van der Waals surface area contributed by atoms with Crippen molar-refractivity contribution in [3.8, 4) is 0 Å². The molecule has 0 saturated heterocycles. The summed E-state index contributed by atoms with van der Waals surface area (Å²) in [7, 11) is 0. The topological polar surface area (TPSA) is 63.3 Å². The molecule has 0 aromatic heterocycles. The van der Waals surface area contributed by atoms with Crippen LogP contribution in [0.2, 0.25) is 0 Å². The Labute approximate surface area is 65.2 Å². The molecule has 3 nitrogen and oxygen atoms in total. The lowest BCUT2D eigenvalue weighted by atomic mass is 10.0. The van der Waals surface area contributed by atoms with E-state index in [9.17, 15) is 4.79 Å². The van der Waals surface area contributed by atoms with Crippen LogP contribution >= 0.6 is 11.6 Å². The molecule has 0 radical (unpaired) electrons. The van der Waals surface area contributed by atoms with Crippen LogP contribution in [-0.2, 0) is 4.79 Å². The van der Waals surface area contributed by atoms with Crippen LogP contribution in [0.3, 0.4) is 0 Å². The highest BCUT2D eigenvalue weighted by atomic mass is 35.5. The lowest BCUT2D eigenvalue weighted by Gasteiger charge is -2.16. The predicted molar refractivity (Wildman–Crippen MR) is 40.1 cm³/mol. The lowest BCUT2D eigenvalue weighted by molar-refractivity contribution is -0.138. The molecule has 0 aromatic carbocycles. The SMILES string of the molecule is CC(C)C(Cl)[C@H](N)C(=O)O. The van der Waals surface area contributed by atoms with E-state index in [4.69, 9.17) is 22.4 Å². The van der Waals surface area contributed by atoms with Crippen LogP contribution in [0.25, 0.3) is 0 Å². The predicted octanol–water partition coefficient (Wildman–Crippen LogP) is 0.662. The Morgan fingerprint density at radius 2 is 2.00 bits per heavy atom. The third-order valence-electron chi connectivity index (χ3n) is 1.27. The van der Waals surface area contributed by atoms with E-state index in [1.54, 1.807) is 0 Å². The second-order valence-corrected chi connectivity index (χ2v) is 3.06. The molecule has 0 spiro atoms. The number of rotatable bonds is 3. The quantitative estimate of drug-likeness (QED) is 0.604. The molecule has 0 aliphatic heterocycles. The number of hydrogen-bond donors (Lipinski definition) is 2. The molecule has 0 saturated carbocycles. The Hall–Kier alpha value is -0.280. The number of carboxylic acids is 1. The minimum Gasteiger partial charge on any atom is -0.480 e. The van der Waals surface area contributed by atoms with Crippen molar-refractivity contribution in [2.24, 2.45) is 11.7 Å².